The number of benzene rings is 1. The maximum absolute atomic E-state index is 12.2. The SMILES string of the molecule is CC1CCN(C(C)CNC(=O)CCS(=O)(=O)c2ccccc2)CC1. The summed E-state index contributed by atoms with van der Waals surface area (Å²) in [6, 6.07) is 8.56. The van der Waals surface area contributed by atoms with E-state index in [2.05, 4.69) is 24.1 Å². The fraction of sp³-hybridized carbons (Fsp3) is 0.611. The lowest BCUT2D eigenvalue weighted by atomic mass is 9.98. The van der Waals surface area contributed by atoms with Crippen molar-refractivity contribution in [3.8, 4) is 0 Å². The molecule has 0 aromatic heterocycles. The number of carbonyl (C=O) groups excluding carboxylic acids is 1. The predicted octanol–water partition coefficient (Wildman–Crippen LogP) is 2.09. The van der Waals surface area contributed by atoms with Crippen LogP contribution in [0.2, 0.25) is 0 Å². The van der Waals surface area contributed by atoms with Gasteiger partial charge < -0.3 is 5.32 Å². The van der Waals surface area contributed by atoms with E-state index in [4.69, 9.17) is 0 Å². The molecule has 2 rings (SSSR count). The average Bonchev–Trinajstić information content (AvgIpc) is 2.59. The van der Waals surface area contributed by atoms with Crippen LogP contribution >= 0.6 is 0 Å². The Bertz CT molecular complexity index is 623. The zero-order valence-corrected chi connectivity index (χ0v) is 15.4. The molecule has 1 aromatic rings. The zero-order chi connectivity index (χ0) is 17.6. The van der Waals surface area contributed by atoms with Crippen LogP contribution in [0.4, 0.5) is 0 Å². The van der Waals surface area contributed by atoms with Gasteiger partial charge in [-0.2, -0.15) is 0 Å². The van der Waals surface area contributed by atoms with E-state index in [1.807, 2.05) is 0 Å². The summed E-state index contributed by atoms with van der Waals surface area (Å²) in [5, 5.41) is 2.87. The number of hydrogen-bond acceptors (Lipinski definition) is 4. The molecule has 134 valence electrons. The van der Waals surface area contributed by atoms with E-state index >= 15 is 0 Å². The monoisotopic (exact) mass is 352 g/mol. The molecule has 1 aromatic carbocycles. The number of amides is 1. The highest BCUT2D eigenvalue weighted by atomic mass is 32.2. The molecule has 1 heterocycles. The van der Waals surface area contributed by atoms with Crippen LogP contribution in [0.3, 0.4) is 0 Å². The first-order chi connectivity index (χ1) is 11.4. The summed E-state index contributed by atoms with van der Waals surface area (Å²) >= 11 is 0. The number of sulfone groups is 1. The van der Waals surface area contributed by atoms with E-state index in [0.29, 0.717) is 6.54 Å². The highest BCUT2D eigenvalue weighted by Gasteiger charge is 2.21. The topological polar surface area (TPSA) is 66.5 Å². The zero-order valence-electron chi connectivity index (χ0n) is 14.6. The highest BCUT2D eigenvalue weighted by Crippen LogP contribution is 2.17. The van der Waals surface area contributed by atoms with Crippen LogP contribution in [0.25, 0.3) is 0 Å². The minimum Gasteiger partial charge on any atom is -0.355 e. The Labute approximate surface area is 145 Å². The smallest absolute Gasteiger partial charge is 0.221 e. The van der Waals surface area contributed by atoms with Gasteiger partial charge in [0.1, 0.15) is 0 Å². The fourth-order valence-corrected chi connectivity index (χ4v) is 4.18. The third-order valence-electron chi connectivity index (χ3n) is 4.74. The van der Waals surface area contributed by atoms with Crippen molar-refractivity contribution in [2.24, 2.45) is 5.92 Å². The highest BCUT2D eigenvalue weighted by molar-refractivity contribution is 7.91. The standard InChI is InChI=1S/C18H28N2O3S/c1-15-8-11-20(12-9-15)16(2)14-19-18(21)10-13-24(22,23)17-6-4-3-5-7-17/h3-7,15-16H,8-14H2,1-2H3,(H,19,21). The lowest BCUT2D eigenvalue weighted by Crippen LogP contribution is -2.45. The third kappa shape index (κ3) is 5.60. The number of nitrogens with one attached hydrogen (secondary N) is 1. The molecule has 24 heavy (non-hydrogen) atoms. The number of nitrogens with zero attached hydrogens (tertiary/aromatic N) is 1. The quantitative estimate of drug-likeness (QED) is 0.816. The lowest BCUT2D eigenvalue weighted by Gasteiger charge is -2.35. The van der Waals surface area contributed by atoms with Gasteiger partial charge >= 0.3 is 0 Å². The Morgan fingerprint density at radius 2 is 1.88 bits per heavy atom. The summed E-state index contributed by atoms with van der Waals surface area (Å²) in [6.07, 6.45) is 2.40. The van der Waals surface area contributed by atoms with Crippen molar-refractivity contribution in [1.29, 1.82) is 0 Å². The number of carbonyl (C=O) groups is 1. The molecule has 0 spiro atoms. The van der Waals surface area contributed by atoms with Crippen LogP contribution in [0.5, 0.6) is 0 Å². The van der Waals surface area contributed by atoms with Gasteiger partial charge in [0.15, 0.2) is 9.84 Å². The van der Waals surface area contributed by atoms with Crippen LogP contribution in [-0.2, 0) is 14.6 Å². The van der Waals surface area contributed by atoms with Crippen LogP contribution in [0.15, 0.2) is 35.2 Å². The molecule has 1 unspecified atom stereocenters. The number of hydrogen-bond donors (Lipinski definition) is 1. The minimum atomic E-state index is -3.39. The van der Waals surface area contributed by atoms with Crippen LogP contribution < -0.4 is 5.32 Å². The van der Waals surface area contributed by atoms with Crippen molar-refractivity contribution in [2.45, 2.75) is 44.0 Å². The molecule has 0 bridgehead atoms. The van der Waals surface area contributed by atoms with E-state index in [0.717, 1.165) is 19.0 Å². The molecule has 0 radical (unpaired) electrons. The Balaban J connectivity index is 1.73. The van der Waals surface area contributed by atoms with Crippen molar-refractivity contribution < 1.29 is 13.2 Å². The third-order valence-corrected chi connectivity index (χ3v) is 6.47. The summed E-state index contributed by atoms with van der Waals surface area (Å²) in [6.45, 7) is 7.09. The van der Waals surface area contributed by atoms with Gasteiger partial charge in [-0.1, -0.05) is 25.1 Å². The predicted molar refractivity (Wildman–Crippen MR) is 95.6 cm³/mol. The minimum absolute atomic E-state index is 0.000974. The first kappa shape index (κ1) is 18.9. The van der Waals surface area contributed by atoms with Gasteiger partial charge in [0.2, 0.25) is 5.91 Å². The van der Waals surface area contributed by atoms with Gasteiger partial charge in [-0.3, -0.25) is 9.69 Å². The summed E-state index contributed by atoms with van der Waals surface area (Å²) in [5.74, 6) is 0.427. The first-order valence-corrected chi connectivity index (χ1v) is 10.3. The largest absolute Gasteiger partial charge is 0.355 e. The van der Waals surface area contributed by atoms with E-state index in [-0.39, 0.29) is 29.0 Å². The molecule has 1 aliphatic heterocycles. The molecule has 0 saturated carbocycles. The van der Waals surface area contributed by atoms with Crippen molar-refractivity contribution in [3.05, 3.63) is 30.3 Å². The molecule has 1 atom stereocenters. The van der Waals surface area contributed by atoms with E-state index in [1.165, 1.54) is 12.8 Å². The average molecular weight is 353 g/mol. The van der Waals surface area contributed by atoms with Gasteiger partial charge in [-0.05, 0) is 50.9 Å². The van der Waals surface area contributed by atoms with Gasteiger partial charge in [-0.15, -0.1) is 0 Å². The Morgan fingerprint density at radius 3 is 2.50 bits per heavy atom. The molecule has 1 N–H and O–H groups in total. The normalized spacial score (nSPS) is 18.2. The van der Waals surface area contributed by atoms with Crippen molar-refractivity contribution >= 4 is 15.7 Å². The van der Waals surface area contributed by atoms with Gasteiger partial charge in [0.25, 0.3) is 0 Å². The Hall–Kier alpha value is -1.40. The summed E-state index contributed by atoms with van der Waals surface area (Å²) in [7, 11) is -3.39. The van der Waals surface area contributed by atoms with Crippen LogP contribution in [-0.4, -0.2) is 50.7 Å². The van der Waals surface area contributed by atoms with Crippen LogP contribution in [0.1, 0.15) is 33.1 Å². The van der Waals surface area contributed by atoms with Crippen LogP contribution in [0, 0.1) is 5.92 Å². The molecule has 1 aliphatic rings. The number of likely N-dealkylation sites (tertiary alicyclic amines) is 1. The fourth-order valence-electron chi connectivity index (χ4n) is 2.92. The summed E-state index contributed by atoms with van der Waals surface area (Å²) in [4.78, 5) is 14.6. The van der Waals surface area contributed by atoms with Crippen molar-refractivity contribution in [3.63, 3.8) is 0 Å². The number of rotatable bonds is 7. The van der Waals surface area contributed by atoms with Gasteiger partial charge in [-0.25, -0.2) is 8.42 Å². The van der Waals surface area contributed by atoms with E-state index in [9.17, 15) is 13.2 Å². The molecule has 0 aliphatic carbocycles. The maximum atomic E-state index is 12.2. The van der Waals surface area contributed by atoms with Crippen molar-refractivity contribution in [1.82, 2.24) is 10.2 Å². The maximum Gasteiger partial charge on any atom is 0.221 e. The summed E-state index contributed by atoms with van der Waals surface area (Å²) < 4.78 is 24.3. The lowest BCUT2D eigenvalue weighted by molar-refractivity contribution is -0.120. The second kappa shape index (κ2) is 8.62. The molecule has 1 amide bonds. The molecular formula is C18H28N2O3S. The van der Waals surface area contributed by atoms with Gasteiger partial charge in [0, 0.05) is 19.0 Å². The molecular weight excluding hydrogens is 324 g/mol. The molecule has 1 fully saturated rings. The first-order valence-electron chi connectivity index (χ1n) is 8.67. The second-order valence-electron chi connectivity index (χ2n) is 6.75. The van der Waals surface area contributed by atoms with Gasteiger partial charge in [0.05, 0.1) is 10.6 Å². The molecule has 5 nitrogen and oxygen atoms in total. The van der Waals surface area contributed by atoms with E-state index in [1.54, 1.807) is 30.3 Å². The Kier molecular flexibility index (Phi) is 6.80. The second-order valence-corrected chi connectivity index (χ2v) is 8.86. The Morgan fingerprint density at radius 1 is 1.25 bits per heavy atom. The molecule has 6 heteroatoms. The van der Waals surface area contributed by atoms with E-state index < -0.39 is 9.84 Å². The van der Waals surface area contributed by atoms with Crippen molar-refractivity contribution in [2.75, 3.05) is 25.4 Å². The summed E-state index contributed by atoms with van der Waals surface area (Å²) in [5.41, 5.74) is 0. The molecule has 1 saturated heterocycles. The number of piperidine rings is 1.